The Morgan fingerprint density at radius 2 is 2.08 bits per heavy atom. The number of nitro benzene ring substituents is 1. The Morgan fingerprint density at radius 1 is 1.33 bits per heavy atom. The molecular weight excluding hydrogens is 330 g/mol. The lowest BCUT2D eigenvalue weighted by Gasteiger charge is -2.50. The fraction of sp³-hybridized carbons (Fsp3) is 0.647. The maximum absolute atomic E-state index is 11.1. The van der Waals surface area contributed by atoms with Gasteiger partial charge in [0.15, 0.2) is 0 Å². The van der Waals surface area contributed by atoms with Crippen molar-refractivity contribution >= 4 is 18.1 Å². The SMILES string of the molecule is COc1ccc([N+](=O)[O-])cc1CN1CCNCC12CCCCC2.Cl. The summed E-state index contributed by atoms with van der Waals surface area (Å²) in [5.41, 5.74) is 1.24. The van der Waals surface area contributed by atoms with Crippen molar-refractivity contribution in [3.05, 3.63) is 33.9 Å². The molecule has 7 heteroatoms. The number of hydrogen-bond acceptors (Lipinski definition) is 5. The average molecular weight is 356 g/mol. The summed E-state index contributed by atoms with van der Waals surface area (Å²) in [6.45, 7) is 3.68. The topological polar surface area (TPSA) is 67.6 Å². The van der Waals surface area contributed by atoms with Crippen LogP contribution >= 0.6 is 12.4 Å². The van der Waals surface area contributed by atoms with E-state index in [1.807, 2.05) is 0 Å². The first kappa shape index (κ1) is 19.0. The average Bonchev–Trinajstić information content (AvgIpc) is 2.58. The van der Waals surface area contributed by atoms with Gasteiger partial charge in [0, 0.05) is 49.4 Å². The lowest BCUT2D eigenvalue weighted by atomic mass is 9.79. The Hall–Kier alpha value is -1.37. The van der Waals surface area contributed by atoms with Crippen molar-refractivity contribution in [3.8, 4) is 5.75 Å². The van der Waals surface area contributed by atoms with E-state index >= 15 is 0 Å². The van der Waals surface area contributed by atoms with E-state index in [2.05, 4.69) is 10.2 Å². The molecule has 3 rings (SSSR count). The zero-order valence-electron chi connectivity index (χ0n) is 14.1. The molecule has 1 aromatic rings. The van der Waals surface area contributed by atoms with Crippen LogP contribution in [0.15, 0.2) is 18.2 Å². The van der Waals surface area contributed by atoms with Crippen LogP contribution in [0.25, 0.3) is 0 Å². The molecule has 1 spiro atoms. The van der Waals surface area contributed by atoms with Crippen molar-refractivity contribution < 1.29 is 9.66 Å². The van der Waals surface area contributed by atoms with Crippen LogP contribution in [0.4, 0.5) is 5.69 Å². The van der Waals surface area contributed by atoms with Gasteiger partial charge in [-0.2, -0.15) is 0 Å². The molecule has 1 heterocycles. The number of methoxy groups -OCH3 is 1. The van der Waals surface area contributed by atoms with Gasteiger partial charge in [-0.05, 0) is 18.9 Å². The van der Waals surface area contributed by atoms with Gasteiger partial charge < -0.3 is 10.1 Å². The molecule has 24 heavy (non-hydrogen) atoms. The molecule has 1 N–H and O–H groups in total. The van der Waals surface area contributed by atoms with Crippen molar-refractivity contribution in [2.45, 2.75) is 44.2 Å². The van der Waals surface area contributed by atoms with E-state index in [4.69, 9.17) is 4.74 Å². The summed E-state index contributed by atoms with van der Waals surface area (Å²) in [6.07, 6.45) is 6.26. The second-order valence-corrected chi connectivity index (χ2v) is 6.64. The molecule has 1 aliphatic carbocycles. The Kier molecular flexibility index (Phi) is 6.43. The van der Waals surface area contributed by atoms with Gasteiger partial charge in [-0.1, -0.05) is 19.3 Å². The number of piperazine rings is 1. The number of halogens is 1. The minimum Gasteiger partial charge on any atom is -0.496 e. The summed E-state index contributed by atoms with van der Waals surface area (Å²) < 4.78 is 5.43. The molecule has 0 aromatic heterocycles. The summed E-state index contributed by atoms with van der Waals surface area (Å²) in [6, 6.07) is 4.89. The quantitative estimate of drug-likeness (QED) is 0.663. The third-order valence-corrected chi connectivity index (χ3v) is 5.30. The maximum atomic E-state index is 11.1. The Labute approximate surface area is 149 Å². The summed E-state index contributed by atoms with van der Waals surface area (Å²) in [5.74, 6) is 0.736. The van der Waals surface area contributed by atoms with E-state index in [-0.39, 0.29) is 28.6 Å². The molecule has 134 valence electrons. The molecule has 6 nitrogen and oxygen atoms in total. The van der Waals surface area contributed by atoms with E-state index in [9.17, 15) is 10.1 Å². The Balaban J connectivity index is 0.00000208. The smallest absolute Gasteiger partial charge is 0.270 e. The van der Waals surface area contributed by atoms with E-state index in [1.54, 1.807) is 19.2 Å². The number of hydrogen-bond donors (Lipinski definition) is 1. The van der Waals surface area contributed by atoms with Crippen LogP contribution in [0.2, 0.25) is 0 Å². The van der Waals surface area contributed by atoms with Gasteiger partial charge >= 0.3 is 0 Å². The minimum atomic E-state index is -0.336. The number of nitrogens with zero attached hydrogens (tertiary/aromatic N) is 2. The van der Waals surface area contributed by atoms with E-state index in [0.29, 0.717) is 6.54 Å². The summed E-state index contributed by atoms with van der Waals surface area (Å²) in [7, 11) is 1.62. The Morgan fingerprint density at radius 3 is 2.75 bits per heavy atom. The normalized spacial score (nSPS) is 20.4. The number of rotatable bonds is 4. The lowest BCUT2D eigenvalue weighted by Crippen LogP contribution is -2.61. The lowest BCUT2D eigenvalue weighted by molar-refractivity contribution is -0.385. The van der Waals surface area contributed by atoms with Gasteiger partial charge in [0.25, 0.3) is 5.69 Å². The van der Waals surface area contributed by atoms with Crippen molar-refractivity contribution in [1.82, 2.24) is 10.2 Å². The van der Waals surface area contributed by atoms with Gasteiger partial charge in [-0.3, -0.25) is 15.0 Å². The van der Waals surface area contributed by atoms with Crippen LogP contribution in [0, 0.1) is 10.1 Å². The van der Waals surface area contributed by atoms with Gasteiger partial charge in [0.05, 0.1) is 12.0 Å². The second kappa shape index (κ2) is 8.14. The monoisotopic (exact) mass is 355 g/mol. The van der Waals surface area contributed by atoms with Crippen LogP contribution in [0.5, 0.6) is 5.75 Å². The number of benzene rings is 1. The number of ether oxygens (including phenoxy) is 1. The Bertz CT molecular complexity index is 568. The number of non-ortho nitro benzene ring substituents is 1. The van der Waals surface area contributed by atoms with Crippen molar-refractivity contribution in [1.29, 1.82) is 0 Å². The van der Waals surface area contributed by atoms with Gasteiger partial charge in [-0.15, -0.1) is 12.4 Å². The van der Waals surface area contributed by atoms with Crippen molar-refractivity contribution in [3.63, 3.8) is 0 Å². The van der Waals surface area contributed by atoms with Crippen molar-refractivity contribution in [2.24, 2.45) is 0 Å². The molecule has 0 atom stereocenters. The third-order valence-electron chi connectivity index (χ3n) is 5.30. The highest BCUT2D eigenvalue weighted by atomic mass is 35.5. The molecule has 0 amide bonds. The zero-order chi connectivity index (χ0) is 16.3. The van der Waals surface area contributed by atoms with E-state index in [1.165, 1.54) is 38.2 Å². The fourth-order valence-electron chi connectivity index (χ4n) is 4.04. The van der Waals surface area contributed by atoms with E-state index < -0.39 is 0 Å². The van der Waals surface area contributed by atoms with E-state index in [0.717, 1.165) is 30.9 Å². The largest absolute Gasteiger partial charge is 0.496 e. The molecular formula is C17H26ClN3O3. The molecule has 1 saturated heterocycles. The van der Waals surface area contributed by atoms with Crippen LogP contribution in [0.1, 0.15) is 37.7 Å². The summed E-state index contributed by atoms with van der Waals surface area (Å²) in [5, 5.41) is 14.6. The van der Waals surface area contributed by atoms with Crippen LogP contribution in [0.3, 0.4) is 0 Å². The van der Waals surface area contributed by atoms with Crippen LogP contribution in [-0.2, 0) is 6.54 Å². The third kappa shape index (κ3) is 3.82. The first-order valence-corrected chi connectivity index (χ1v) is 8.42. The first-order chi connectivity index (χ1) is 11.1. The highest BCUT2D eigenvalue weighted by Gasteiger charge is 2.39. The molecule has 0 radical (unpaired) electrons. The van der Waals surface area contributed by atoms with Gasteiger partial charge in [0.1, 0.15) is 5.75 Å². The van der Waals surface area contributed by atoms with Crippen LogP contribution in [-0.4, -0.2) is 42.1 Å². The standard InChI is InChI=1S/C17H25N3O3.ClH/c1-23-16-6-5-15(20(21)22)11-14(16)12-19-10-9-18-13-17(19)7-3-2-4-8-17;/h5-6,11,18H,2-4,7-10,12-13H2,1H3;1H. The highest BCUT2D eigenvalue weighted by Crippen LogP contribution is 2.37. The summed E-state index contributed by atoms with van der Waals surface area (Å²) >= 11 is 0. The molecule has 0 bridgehead atoms. The van der Waals surface area contributed by atoms with Crippen LogP contribution < -0.4 is 10.1 Å². The molecule has 2 fully saturated rings. The molecule has 2 aliphatic rings. The molecule has 1 aliphatic heterocycles. The maximum Gasteiger partial charge on any atom is 0.270 e. The summed E-state index contributed by atoms with van der Waals surface area (Å²) in [4.78, 5) is 13.3. The van der Waals surface area contributed by atoms with Gasteiger partial charge in [-0.25, -0.2) is 0 Å². The molecule has 0 unspecified atom stereocenters. The first-order valence-electron chi connectivity index (χ1n) is 8.42. The molecule has 1 saturated carbocycles. The second-order valence-electron chi connectivity index (χ2n) is 6.64. The predicted octanol–water partition coefficient (Wildman–Crippen LogP) is 3.13. The highest BCUT2D eigenvalue weighted by molar-refractivity contribution is 5.85. The zero-order valence-corrected chi connectivity index (χ0v) is 14.9. The number of nitrogens with one attached hydrogen (secondary N) is 1. The number of nitro groups is 1. The molecule has 1 aromatic carbocycles. The van der Waals surface area contributed by atoms with Gasteiger partial charge in [0.2, 0.25) is 0 Å². The fourth-order valence-corrected chi connectivity index (χ4v) is 4.04. The predicted molar refractivity (Wildman–Crippen MR) is 96.0 cm³/mol. The minimum absolute atomic E-state index is 0. The van der Waals surface area contributed by atoms with Crippen molar-refractivity contribution in [2.75, 3.05) is 26.7 Å².